The number of esters is 1. The molecule has 3 aliphatic heterocycles. The summed E-state index contributed by atoms with van der Waals surface area (Å²) in [5.74, 6) is -3.50. The largest absolute Gasteiger partial charge is 0.455 e. The van der Waals surface area contributed by atoms with E-state index >= 15 is 4.79 Å². The normalized spacial score (nSPS) is 25.2. The Labute approximate surface area is 327 Å². The van der Waals surface area contributed by atoms with Gasteiger partial charge in [-0.3, -0.25) is 19.2 Å². The number of methoxy groups -OCH3 is 1. The Morgan fingerprint density at radius 1 is 1.07 bits per heavy atom. The fraction of sp³-hybridized carbons (Fsp3) is 0.524. The quantitative estimate of drug-likeness (QED) is 0.0776. The van der Waals surface area contributed by atoms with Crippen molar-refractivity contribution in [3.05, 3.63) is 90.5 Å². The molecule has 11 nitrogen and oxygen atoms in total. The molecule has 12 heteroatoms. The van der Waals surface area contributed by atoms with Gasteiger partial charge in [-0.05, 0) is 56.2 Å². The molecule has 0 saturated carbocycles. The zero-order chi connectivity index (χ0) is 39.0. The van der Waals surface area contributed by atoms with Crippen LogP contribution in [0, 0.1) is 25.7 Å². The minimum Gasteiger partial charge on any atom is -0.455 e. The summed E-state index contributed by atoms with van der Waals surface area (Å²) in [6.45, 7) is 12.2. The maximum atomic E-state index is 15.1. The zero-order valence-electron chi connectivity index (χ0n) is 31.6. The number of rotatable bonds is 20. The van der Waals surface area contributed by atoms with Gasteiger partial charge in [0.1, 0.15) is 17.7 Å². The molecule has 3 fully saturated rings. The Bertz CT molecular complexity index is 1650. The van der Waals surface area contributed by atoms with Gasteiger partial charge < -0.3 is 34.4 Å². The average Bonchev–Trinajstić information content (AvgIpc) is 3.75. The third-order valence-corrected chi connectivity index (χ3v) is 11.7. The Morgan fingerprint density at radius 3 is 2.43 bits per heavy atom. The number of aliphatic hydroxyl groups is 1. The van der Waals surface area contributed by atoms with Crippen LogP contribution in [0.2, 0.25) is 0 Å². The molecule has 0 radical (unpaired) electrons. The van der Waals surface area contributed by atoms with Crippen LogP contribution in [0.25, 0.3) is 0 Å². The van der Waals surface area contributed by atoms with E-state index in [1.54, 1.807) is 22.0 Å². The molecule has 0 aliphatic carbocycles. The van der Waals surface area contributed by atoms with Crippen molar-refractivity contribution in [2.75, 3.05) is 38.3 Å². The van der Waals surface area contributed by atoms with Crippen LogP contribution in [0.5, 0.6) is 0 Å². The lowest BCUT2D eigenvalue weighted by Gasteiger charge is -2.38. The lowest BCUT2D eigenvalue weighted by Crippen LogP contribution is -2.57. The van der Waals surface area contributed by atoms with Crippen LogP contribution in [0.4, 0.5) is 5.69 Å². The van der Waals surface area contributed by atoms with E-state index in [2.05, 4.69) is 34.4 Å². The van der Waals surface area contributed by atoms with Crippen LogP contribution in [0.1, 0.15) is 67.7 Å². The SMILES string of the molecule is C=CCCC(=O)N[C@@H](COC)[C@@H](OC(=O)[C@H]1[C@@H]2O[C@@]3(CC2Br)[C@@H]1C(=O)N(CCCCCCO)[C@@H]3C(=O)N(CC=C)c1c(C)cccc1C)c1ccccc1. The van der Waals surface area contributed by atoms with E-state index in [-0.39, 0.29) is 55.3 Å². The minimum absolute atomic E-state index is 0.0583. The summed E-state index contributed by atoms with van der Waals surface area (Å²) in [4.78, 5) is 60.5. The third kappa shape index (κ3) is 8.36. The van der Waals surface area contributed by atoms with Crippen LogP contribution in [-0.2, 0) is 33.4 Å². The molecule has 3 saturated heterocycles. The van der Waals surface area contributed by atoms with Crippen molar-refractivity contribution in [2.45, 2.75) is 93.5 Å². The monoisotopic (exact) mass is 807 g/mol. The number of aliphatic hydroxyl groups excluding tert-OH is 1. The highest BCUT2D eigenvalue weighted by Gasteiger charge is 2.77. The number of anilines is 1. The number of unbranched alkanes of at least 4 members (excludes halogenated alkanes) is 3. The van der Waals surface area contributed by atoms with Gasteiger partial charge in [0.25, 0.3) is 5.91 Å². The molecule has 5 rings (SSSR count). The molecule has 3 amide bonds. The first-order valence-electron chi connectivity index (χ1n) is 18.9. The summed E-state index contributed by atoms with van der Waals surface area (Å²) in [6, 6.07) is 13.2. The highest BCUT2D eigenvalue weighted by Crippen LogP contribution is 2.60. The molecule has 292 valence electrons. The maximum Gasteiger partial charge on any atom is 0.313 e. The predicted octanol–water partition coefficient (Wildman–Crippen LogP) is 5.51. The molecule has 54 heavy (non-hydrogen) atoms. The van der Waals surface area contributed by atoms with Crippen LogP contribution in [0.15, 0.2) is 73.8 Å². The molecule has 3 heterocycles. The lowest BCUT2D eigenvalue weighted by molar-refractivity contribution is -0.163. The van der Waals surface area contributed by atoms with Crippen molar-refractivity contribution in [3.8, 4) is 0 Å². The van der Waals surface area contributed by atoms with E-state index in [0.717, 1.165) is 29.7 Å². The number of para-hydroxylation sites is 1. The number of amides is 3. The van der Waals surface area contributed by atoms with Crippen molar-refractivity contribution in [1.29, 1.82) is 0 Å². The van der Waals surface area contributed by atoms with Gasteiger partial charge in [-0.15, -0.1) is 13.2 Å². The Hall–Kier alpha value is -3.84. The Balaban J connectivity index is 1.53. The first kappa shape index (κ1) is 41.3. The van der Waals surface area contributed by atoms with Crippen molar-refractivity contribution in [1.82, 2.24) is 10.2 Å². The van der Waals surface area contributed by atoms with Gasteiger partial charge in [0.05, 0.1) is 30.6 Å². The van der Waals surface area contributed by atoms with Gasteiger partial charge in [0.2, 0.25) is 11.8 Å². The van der Waals surface area contributed by atoms with E-state index in [1.165, 1.54) is 7.11 Å². The fourth-order valence-electron chi connectivity index (χ4n) is 8.59. The standard InChI is InChI=1S/C42H54BrN3O8/c1-6-8-21-32(48)44-31(26-52-5)36(29-19-12-11-13-20-29)53-41(51)33-34-39(49)46(23-14-9-10-15-24-47)38(42(34)25-30(43)37(33)54-42)40(50)45(22-7-2)35-27(3)17-16-18-28(35)4/h6-7,11-13,16-20,30-31,33-34,36-38,47H,1-2,8-10,14-15,21-26H2,3-5H3,(H,44,48)/t30?,31-,33+,34-,36-,37+,38+,42-/m0/s1. The number of nitrogens with one attached hydrogen (secondary N) is 1. The molecule has 1 unspecified atom stereocenters. The molecular formula is C42H54BrN3O8. The van der Waals surface area contributed by atoms with Crippen molar-refractivity contribution in [2.24, 2.45) is 11.8 Å². The summed E-state index contributed by atoms with van der Waals surface area (Å²) in [5.41, 5.74) is 1.91. The second-order valence-corrected chi connectivity index (χ2v) is 15.7. The number of hydrogen-bond donors (Lipinski definition) is 2. The molecule has 3 aliphatic rings. The number of allylic oxidation sites excluding steroid dienone is 1. The zero-order valence-corrected chi connectivity index (χ0v) is 33.2. The third-order valence-electron chi connectivity index (χ3n) is 10.9. The van der Waals surface area contributed by atoms with E-state index in [0.29, 0.717) is 31.2 Å². The molecular weight excluding hydrogens is 754 g/mol. The van der Waals surface area contributed by atoms with Crippen LogP contribution in [-0.4, -0.2) is 95.7 Å². The van der Waals surface area contributed by atoms with Gasteiger partial charge in [-0.1, -0.05) is 89.5 Å². The number of carbonyl (C=O) groups excluding carboxylic acids is 4. The number of fused-ring (bicyclic) bond motifs is 1. The molecule has 2 aromatic carbocycles. The van der Waals surface area contributed by atoms with Crippen LogP contribution < -0.4 is 10.2 Å². The first-order valence-corrected chi connectivity index (χ1v) is 19.8. The highest BCUT2D eigenvalue weighted by atomic mass is 79.9. The lowest BCUT2D eigenvalue weighted by atomic mass is 9.70. The van der Waals surface area contributed by atoms with Gasteiger partial charge in [-0.2, -0.15) is 0 Å². The average molecular weight is 809 g/mol. The van der Waals surface area contributed by atoms with Gasteiger partial charge >= 0.3 is 5.97 Å². The summed E-state index contributed by atoms with van der Waals surface area (Å²) in [7, 11) is 1.51. The number of nitrogens with zero attached hydrogens (tertiary/aromatic N) is 2. The maximum absolute atomic E-state index is 15.1. The molecule has 2 aromatic rings. The molecule has 2 bridgehead atoms. The van der Waals surface area contributed by atoms with Crippen LogP contribution in [0.3, 0.4) is 0 Å². The van der Waals surface area contributed by atoms with E-state index in [9.17, 15) is 19.5 Å². The highest BCUT2D eigenvalue weighted by molar-refractivity contribution is 9.09. The number of likely N-dealkylation sites (tertiary alicyclic amines) is 1. The van der Waals surface area contributed by atoms with Crippen molar-refractivity contribution in [3.63, 3.8) is 0 Å². The molecule has 2 N–H and O–H groups in total. The van der Waals surface area contributed by atoms with Crippen LogP contribution >= 0.6 is 15.9 Å². The number of hydrogen-bond acceptors (Lipinski definition) is 8. The van der Waals surface area contributed by atoms with E-state index < -0.39 is 47.7 Å². The molecule has 8 atom stereocenters. The van der Waals surface area contributed by atoms with Crippen molar-refractivity contribution >= 4 is 45.3 Å². The number of alkyl halides is 1. The van der Waals surface area contributed by atoms with Gasteiger partial charge in [0.15, 0.2) is 0 Å². The van der Waals surface area contributed by atoms with Gasteiger partial charge in [0, 0.05) is 43.7 Å². The fourth-order valence-corrected chi connectivity index (χ4v) is 9.53. The molecule has 1 spiro atoms. The number of halogens is 1. The number of aryl methyl sites for hydroxylation is 2. The molecule has 0 aromatic heterocycles. The van der Waals surface area contributed by atoms with E-state index in [4.69, 9.17) is 14.2 Å². The van der Waals surface area contributed by atoms with E-state index in [1.807, 2.05) is 62.4 Å². The Kier molecular flexibility index (Phi) is 14.3. The minimum atomic E-state index is -1.30. The first-order chi connectivity index (χ1) is 26.0. The summed E-state index contributed by atoms with van der Waals surface area (Å²) in [6.07, 6.45) is 5.47. The van der Waals surface area contributed by atoms with Gasteiger partial charge in [-0.25, -0.2) is 0 Å². The smallest absolute Gasteiger partial charge is 0.313 e. The Morgan fingerprint density at radius 2 is 1.78 bits per heavy atom. The summed E-state index contributed by atoms with van der Waals surface area (Å²) < 4.78 is 18.7. The van der Waals surface area contributed by atoms with Crippen molar-refractivity contribution < 1.29 is 38.5 Å². The second-order valence-electron chi connectivity index (χ2n) is 14.5. The summed E-state index contributed by atoms with van der Waals surface area (Å²) >= 11 is 3.78. The topological polar surface area (TPSA) is 135 Å². The summed E-state index contributed by atoms with van der Waals surface area (Å²) in [5, 5.41) is 12.3. The second kappa shape index (κ2) is 18.7. The number of benzene rings is 2. The number of carbonyl (C=O) groups is 4. The predicted molar refractivity (Wildman–Crippen MR) is 210 cm³/mol. The number of ether oxygens (including phenoxy) is 3.